The van der Waals surface area contributed by atoms with Gasteiger partial charge in [-0.2, -0.15) is 0 Å². The number of carbonyl (C=O) groups excluding carboxylic acids is 1. The predicted molar refractivity (Wildman–Crippen MR) is 130 cm³/mol. The Morgan fingerprint density at radius 1 is 1.03 bits per heavy atom. The molecule has 3 heterocycles. The zero-order chi connectivity index (χ0) is 23.0. The van der Waals surface area contributed by atoms with Gasteiger partial charge >= 0.3 is 0 Å². The van der Waals surface area contributed by atoms with Crippen LogP contribution < -0.4 is 10.2 Å². The number of amidine groups is 1. The van der Waals surface area contributed by atoms with E-state index in [0.29, 0.717) is 19.5 Å². The van der Waals surface area contributed by atoms with Crippen molar-refractivity contribution < 1.29 is 17.6 Å². The van der Waals surface area contributed by atoms with E-state index in [4.69, 9.17) is 0 Å². The van der Waals surface area contributed by atoms with Gasteiger partial charge in [-0.3, -0.25) is 9.79 Å². The van der Waals surface area contributed by atoms with Crippen molar-refractivity contribution >= 4 is 44.0 Å². The van der Waals surface area contributed by atoms with Crippen molar-refractivity contribution in [2.75, 3.05) is 47.9 Å². The SMILES string of the molecule is O=C(Cc1ccc(NC2=N[C@@H]3CS(=O)(=O)C[C@@H]3S2)cc1)N1CCN(c2ccc(F)cc2)CC1. The van der Waals surface area contributed by atoms with Crippen LogP contribution in [0, 0.1) is 5.82 Å². The zero-order valence-corrected chi connectivity index (χ0v) is 19.6. The minimum atomic E-state index is -2.96. The van der Waals surface area contributed by atoms with Crippen molar-refractivity contribution in [1.29, 1.82) is 0 Å². The number of anilines is 2. The molecule has 2 saturated heterocycles. The number of hydrogen-bond acceptors (Lipinski definition) is 7. The molecule has 2 fully saturated rings. The van der Waals surface area contributed by atoms with Crippen LogP contribution in [0.5, 0.6) is 0 Å². The molecule has 0 saturated carbocycles. The summed E-state index contributed by atoms with van der Waals surface area (Å²) < 4.78 is 36.5. The largest absolute Gasteiger partial charge is 0.368 e. The smallest absolute Gasteiger partial charge is 0.227 e. The van der Waals surface area contributed by atoms with Crippen LogP contribution in [-0.2, 0) is 21.1 Å². The maximum absolute atomic E-state index is 13.1. The molecule has 0 aliphatic carbocycles. The summed E-state index contributed by atoms with van der Waals surface area (Å²) in [5, 5.41) is 4.02. The molecule has 5 rings (SSSR count). The first kappa shape index (κ1) is 22.2. The summed E-state index contributed by atoms with van der Waals surface area (Å²) in [6.45, 7) is 2.74. The quantitative estimate of drug-likeness (QED) is 0.712. The Hall–Kier alpha value is -2.59. The summed E-state index contributed by atoms with van der Waals surface area (Å²) in [5.74, 6) is 0.173. The summed E-state index contributed by atoms with van der Waals surface area (Å²) in [6.07, 6.45) is 0.342. The Bertz CT molecular complexity index is 1160. The number of benzene rings is 2. The van der Waals surface area contributed by atoms with Gasteiger partial charge in [0.15, 0.2) is 15.0 Å². The molecule has 0 radical (unpaired) electrons. The van der Waals surface area contributed by atoms with Gasteiger partial charge in [-0.25, -0.2) is 12.8 Å². The Labute approximate surface area is 197 Å². The van der Waals surface area contributed by atoms with E-state index in [0.717, 1.165) is 35.2 Å². The second-order valence-electron chi connectivity index (χ2n) is 8.58. The van der Waals surface area contributed by atoms with Gasteiger partial charge in [0, 0.05) is 42.8 Å². The molecule has 0 unspecified atom stereocenters. The zero-order valence-electron chi connectivity index (χ0n) is 18.0. The molecule has 2 aromatic rings. The lowest BCUT2D eigenvalue weighted by molar-refractivity contribution is -0.130. The molecule has 33 heavy (non-hydrogen) atoms. The van der Waals surface area contributed by atoms with Crippen LogP contribution in [-0.4, -0.2) is 73.4 Å². The predicted octanol–water partition coefficient (Wildman–Crippen LogP) is 2.40. The van der Waals surface area contributed by atoms with Crippen LogP contribution in [0.4, 0.5) is 15.8 Å². The van der Waals surface area contributed by atoms with E-state index in [9.17, 15) is 17.6 Å². The fourth-order valence-electron chi connectivity index (χ4n) is 4.40. The Balaban J connectivity index is 1.11. The van der Waals surface area contributed by atoms with Gasteiger partial charge in [-0.15, -0.1) is 0 Å². The first-order valence-corrected chi connectivity index (χ1v) is 13.6. The van der Waals surface area contributed by atoms with Gasteiger partial charge < -0.3 is 15.1 Å². The number of piperazine rings is 1. The van der Waals surface area contributed by atoms with Gasteiger partial charge in [0.1, 0.15) is 5.82 Å². The molecule has 0 spiro atoms. The molecule has 10 heteroatoms. The highest BCUT2D eigenvalue weighted by molar-refractivity contribution is 8.15. The second kappa shape index (κ2) is 8.98. The Kier molecular flexibility index (Phi) is 6.05. The van der Waals surface area contributed by atoms with E-state index >= 15 is 0 Å². The summed E-state index contributed by atoms with van der Waals surface area (Å²) in [6, 6.07) is 14.0. The maximum Gasteiger partial charge on any atom is 0.227 e. The minimum absolute atomic E-state index is 0.0120. The standard InChI is InChI=1S/C23H25FN4O3S2/c24-17-3-7-19(8-4-17)27-9-11-28(12-10-27)22(29)13-16-1-5-18(6-2-16)25-23-26-20-14-33(30,31)15-21(20)32-23/h1-8,20-21H,9-15H2,(H,25,26)/t20-,21+/m1/s1. The molecule has 3 aliphatic rings. The first-order valence-electron chi connectivity index (χ1n) is 10.9. The van der Waals surface area contributed by atoms with Gasteiger partial charge in [0.05, 0.1) is 24.0 Å². The lowest BCUT2D eigenvalue weighted by Gasteiger charge is -2.36. The van der Waals surface area contributed by atoms with Crippen LogP contribution in [0.1, 0.15) is 5.56 Å². The molecule has 0 bridgehead atoms. The van der Waals surface area contributed by atoms with Crippen LogP contribution in [0.15, 0.2) is 53.5 Å². The number of thioether (sulfide) groups is 1. The number of hydrogen-bond donors (Lipinski definition) is 1. The second-order valence-corrected chi connectivity index (χ2v) is 12.0. The van der Waals surface area contributed by atoms with Gasteiger partial charge in [0.2, 0.25) is 5.91 Å². The number of nitrogens with one attached hydrogen (secondary N) is 1. The van der Waals surface area contributed by atoms with E-state index in [-0.39, 0.29) is 34.5 Å². The first-order chi connectivity index (χ1) is 15.8. The molecule has 1 N–H and O–H groups in total. The fourth-order valence-corrected chi connectivity index (χ4v) is 8.07. The van der Waals surface area contributed by atoms with E-state index in [1.165, 1.54) is 23.9 Å². The van der Waals surface area contributed by atoms with Crippen LogP contribution in [0.2, 0.25) is 0 Å². The molecular weight excluding hydrogens is 463 g/mol. The van der Waals surface area contributed by atoms with Crippen LogP contribution >= 0.6 is 11.8 Å². The monoisotopic (exact) mass is 488 g/mol. The molecular formula is C23H25FN4O3S2. The Morgan fingerprint density at radius 2 is 1.73 bits per heavy atom. The molecule has 7 nitrogen and oxygen atoms in total. The molecule has 2 atom stereocenters. The molecule has 3 aliphatic heterocycles. The number of amides is 1. The molecule has 1 amide bonds. The highest BCUT2D eigenvalue weighted by Gasteiger charge is 2.42. The maximum atomic E-state index is 13.1. The van der Waals surface area contributed by atoms with E-state index in [1.54, 1.807) is 12.1 Å². The average Bonchev–Trinajstić information content (AvgIpc) is 3.28. The fraction of sp³-hybridized carbons (Fsp3) is 0.391. The van der Waals surface area contributed by atoms with Crippen LogP contribution in [0.25, 0.3) is 0 Å². The van der Waals surface area contributed by atoms with Gasteiger partial charge in [0.25, 0.3) is 0 Å². The van der Waals surface area contributed by atoms with Crippen LogP contribution in [0.3, 0.4) is 0 Å². The topological polar surface area (TPSA) is 82.1 Å². The third-order valence-corrected chi connectivity index (χ3v) is 9.34. The number of aliphatic imine (C=N–C) groups is 1. The number of halogens is 1. The van der Waals surface area contributed by atoms with E-state index < -0.39 is 9.84 Å². The highest BCUT2D eigenvalue weighted by atomic mass is 32.2. The number of carbonyl (C=O) groups is 1. The van der Waals surface area contributed by atoms with E-state index in [1.807, 2.05) is 29.2 Å². The van der Waals surface area contributed by atoms with E-state index in [2.05, 4.69) is 15.2 Å². The lowest BCUT2D eigenvalue weighted by Crippen LogP contribution is -2.49. The van der Waals surface area contributed by atoms with Crippen molar-refractivity contribution in [3.05, 3.63) is 59.9 Å². The Morgan fingerprint density at radius 3 is 2.39 bits per heavy atom. The third kappa shape index (κ3) is 5.16. The summed E-state index contributed by atoms with van der Waals surface area (Å²) in [7, 11) is -2.96. The number of fused-ring (bicyclic) bond motifs is 1. The molecule has 0 aromatic heterocycles. The number of sulfone groups is 1. The lowest BCUT2D eigenvalue weighted by atomic mass is 10.1. The van der Waals surface area contributed by atoms with Crippen molar-refractivity contribution in [3.8, 4) is 0 Å². The van der Waals surface area contributed by atoms with Crippen molar-refractivity contribution in [2.45, 2.75) is 17.7 Å². The highest BCUT2D eigenvalue weighted by Crippen LogP contribution is 2.34. The summed E-state index contributed by atoms with van der Waals surface area (Å²) in [4.78, 5) is 21.3. The number of rotatable bonds is 4. The molecule has 174 valence electrons. The normalized spacial score (nSPS) is 23.8. The third-order valence-electron chi connectivity index (χ3n) is 6.20. The summed E-state index contributed by atoms with van der Waals surface area (Å²) in [5.41, 5.74) is 2.78. The average molecular weight is 489 g/mol. The number of nitrogens with zero attached hydrogens (tertiary/aromatic N) is 3. The summed E-state index contributed by atoms with van der Waals surface area (Å²) >= 11 is 1.49. The van der Waals surface area contributed by atoms with Crippen molar-refractivity contribution in [1.82, 2.24) is 4.90 Å². The molecule has 2 aromatic carbocycles. The van der Waals surface area contributed by atoms with Gasteiger partial charge in [-0.05, 0) is 42.0 Å². The van der Waals surface area contributed by atoms with Gasteiger partial charge in [-0.1, -0.05) is 23.9 Å². The van der Waals surface area contributed by atoms with Crippen molar-refractivity contribution in [3.63, 3.8) is 0 Å². The minimum Gasteiger partial charge on any atom is -0.368 e. The van der Waals surface area contributed by atoms with Crippen molar-refractivity contribution in [2.24, 2.45) is 4.99 Å².